The zero-order valence-electron chi connectivity index (χ0n) is 18.0. The SMILES string of the molecule is COc1cccc(F)c1-c1nccc(C(=O)Cc2ccc(Cl)cc2N2C[C@@H](N)C[C@H]2CO)n1. The maximum atomic E-state index is 14.5. The van der Waals surface area contributed by atoms with Gasteiger partial charge in [0.1, 0.15) is 17.3 Å². The van der Waals surface area contributed by atoms with E-state index in [1.54, 1.807) is 24.3 Å². The smallest absolute Gasteiger partial charge is 0.185 e. The van der Waals surface area contributed by atoms with E-state index in [1.165, 1.54) is 31.5 Å². The summed E-state index contributed by atoms with van der Waals surface area (Å²) in [6.07, 6.45) is 2.11. The Balaban J connectivity index is 1.65. The highest BCUT2D eigenvalue weighted by Crippen LogP contribution is 2.33. The van der Waals surface area contributed by atoms with Crippen LogP contribution in [0.1, 0.15) is 22.5 Å². The minimum Gasteiger partial charge on any atom is -0.496 e. The second kappa shape index (κ2) is 9.82. The summed E-state index contributed by atoms with van der Waals surface area (Å²) in [5.74, 6) is -0.459. The van der Waals surface area contributed by atoms with E-state index in [9.17, 15) is 14.3 Å². The van der Waals surface area contributed by atoms with Crippen LogP contribution in [-0.2, 0) is 6.42 Å². The van der Waals surface area contributed by atoms with Crippen LogP contribution in [0.3, 0.4) is 0 Å². The Morgan fingerprint density at radius 2 is 2.15 bits per heavy atom. The number of ether oxygens (including phenoxy) is 1. The van der Waals surface area contributed by atoms with Gasteiger partial charge in [0.2, 0.25) is 0 Å². The van der Waals surface area contributed by atoms with Crippen molar-refractivity contribution in [1.82, 2.24) is 9.97 Å². The third-order valence-corrected chi connectivity index (χ3v) is 5.96. The molecule has 3 N–H and O–H groups in total. The first-order valence-electron chi connectivity index (χ1n) is 10.5. The fourth-order valence-corrected chi connectivity index (χ4v) is 4.33. The number of halogens is 2. The van der Waals surface area contributed by atoms with Crippen LogP contribution >= 0.6 is 11.6 Å². The van der Waals surface area contributed by atoms with Gasteiger partial charge in [0.05, 0.1) is 25.3 Å². The number of aromatic nitrogens is 2. The van der Waals surface area contributed by atoms with E-state index in [0.29, 0.717) is 18.0 Å². The Labute approximate surface area is 196 Å². The summed E-state index contributed by atoms with van der Waals surface area (Å²) in [6, 6.07) is 11.0. The Kier molecular flexibility index (Phi) is 6.88. The van der Waals surface area contributed by atoms with E-state index in [1.807, 2.05) is 4.90 Å². The third-order valence-electron chi connectivity index (χ3n) is 5.73. The summed E-state index contributed by atoms with van der Waals surface area (Å²) in [5, 5.41) is 10.3. The average Bonchev–Trinajstić information content (AvgIpc) is 3.20. The predicted molar refractivity (Wildman–Crippen MR) is 124 cm³/mol. The van der Waals surface area contributed by atoms with Gasteiger partial charge >= 0.3 is 0 Å². The molecule has 1 aliphatic heterocycles. The molecule has 0 radical (unpaired) electrons. The van der Waals surface area contributed by atoms with Gasteiger partial charge in [0, 0.05) is 35.9 Å². The van der Waals surface area contributed by atoms with Gasteiger partial charge in [-0.2, -0.15) is 0 Å². The van der Waals surface area contributed by atoms with E-state index in [4.69, 9.17) is 22.1 Å². The highest BCUT2D eigenvalue weighted by Gasteiger charge is 2.31. The van der Waals surface area contributed by atoms with Crippen molar-refractivity contribution in [2.24, 2.45) is 5.73 Å². The monoisotopic (exact) mass is 470 g/mol. The Bertz CT molecular complexity index is 1180. The van der Waals surface area contributed by atoms with Crippen LogP contribution in [0.5, 0.6) is 5.75 Å². The zero-order chi connectivity index (χ0) is 23.5. The van der Waals surface area contributed by atoms with Crippen molar-refractivity contribution in [1.29, 1.82) is 0 Å². The summed E-state index contributed by atoms with van der Waals surface area (Å²) in [4.78, 5) is 23.6. The number of rotatable bonds is 7. The second-order valence-corrected chi connectivity index (χ2v) is 8.38. The number of hydrogen-bond donors (Lipinski definition) is 2. The summed E-state index contributed by atoms with van der Waals surface area (Å²) in [5.41, 5.74) is 7.85. The van der Waals surface area contributed by atoms with E-state index in [-0.39, 0.29) is 53.7 Å². The summed E-state index contributed by atoms with van der Waals surface area (Å²) < 4.78 is 19.7. The number of ketones is 1. The number of carbonyl (C=O) groups is 1. The lowest BCUT2D eigenvalue weighted by Crippen LogP contribution is -2.33. The maximum Gasteiger partial charge on any atom is 0.185 e. The molecule has 0 unspecified atom stereocenters. The second-order valence-electron chi connectivity index (χ2n) is 7.94. The predicted octanol–water partition coefficient (Wildman–Crippen LogP) is 3.27. The maximum absolute atomic E-state index is 14.5. The molecule has 0 amide bonds. The molecule has 4 rings (SSSR count). The third kappa shape index (κ3) is 4.83. The minimum absolute atomic E-state index is 0.0429. The summed E-state index contributed by atoms with van der Waals surface area (Å²) in [6.45, 7) is 0.505. The molecule has 1 aliphatic rings. The molecule has 0 aliphatic carbocycles. The number of aliphatic hydroxyl groups is 1. The lowest BCUT2D eigenvalue weighted by Gasteiger charge is -2.27. The quantitative estimate of drug-likeness (QED) is 0.511. The van der Waals surface area contributed by atoms with Gasteiger partial charge in [-0.3, -0.25) is 4.79 Å². The topological polar surface area (TPSA) is 102 Å². The molecule has 1 fully saturated rings. The van der Waals surface area contributed by atoms with Crippen LogP contribution in [0.25, 0.3) is 11.4 Å². The molecular weight excluding hydrogens is 447 g/mol. The first-order chi connectivity index (χ1) is 15.9. The van der Waals surface area contributed by atoms with E-state index < -0.39 is 5.82 Å². The van der Waals surface area contributed by atoms with Gasteiger partial charge in [0.15, 0.2) is 11.6 Å². The summed E-state index contributed by atoms with van der Waals surface area (Å²) in [7, 11) is 1.43. The van der Waals surface area contributed by atoms with Crippen LogP contribution in [0.2, 0.25) is 5.02 Å². The van der Waals surface area contributed by atoms with Crippen LogP contribution < -0.4 is 15.4 Å². The van der Waals surface area contributed by atoms with Gasteiger partial charge in [-0.25, -0.2) is 14.4 Å². The number of nitrogens with two attached hydrogens (primary N) is 1. The van der Waals surface area contributed by atoms with Crippen molar-refractivity contribution in [2.75, 3.05) is 25.2 Å². The van der Waals surface area contributed by atoms with Crippen molar-refractivity contribution >= 4 is 23.1 Å². The lowest BCUT2D eigenvalue weighted by molar-refractivity contribution is 0.0988. The number of Topliss-reactive ketones (excluding diaryl/α,β-unsaturated/α-hetero) is 1. The molecule has 7 nitrogen and oxygen atoms in total. The van der Waals surface area contributed by atoms with Crippen LogP contribution in [0.4, 0.5) is 10.1 Å². The van der Waals surface area contributed by atoms with Crippen molar-refractivity contribution in [3.05, 3.63) is 70.8 Å². The standard InChI is InChI=1S/C24H24ClFN4O3/c1-33-22-4-2-3-18(26)23(22)24-28-8-7-19(29-24)21(32)9-14-5-6-15(25)10-20(14)30-12-16(27)11-17(30)13-31/h2-8,10,16-17,31H,9,11-13,27H2,1H3/t16-,17-/m0/s1. The highest BCUT2D eigenvalue weighted by molar-refractivity contribution is 6.30. The number of aliphatic hydroxyl groups excluding tert-OH is 1. The van der Waals surface area contributed by atoms with E-state index in [2.05, 4.69) is 9.97 Å². The molecule has 3 aromatic rings. The molecule has 172 valence electrons. The zero-order valence-corrected chi connectivity index (χ0v) is 18.8. The highest BCUT2D eigenvalue weighted by atomic mass is 35.5. The first-order valence-corrected chi connectivity index (χ1v) is 10.9. The van der Waals surface area contributed by atoms with Crippen molar-refractivity contribution in [3.63, 3.8) is 0 Å². The Morgan fingerprint density at radius 3 is 2.91 bits per heavy atom. The largest absolute Gasteiger partial charge is 0.496 e. The van der Waals surface area contributed by atoms with Crippen molar-refractivity contribution in [2.45, 2.75) is 24.9 Å². The van der Waals surface area contributed by atoms with Gasteiger partial charge in [-0.15, -0.1) is 0 Å². The molecule has 2 aromatic carbocycles. The molecular formula is C24H24ClFN4O3. The molecule has 2 heterocycles. The number of carbonyl (C=O) groups excluding carboxylic acids is 1. The normalized spacial score (nSPS) is 17.9. The minimum atomic E-state index is -0.542. The van der Waals surface area contributed by atoms with Crippen LogP contribution in [0, 0.1) is 5.82 Å². The number of methoxy groups -OCH3 is 1. The fraction of sp³-hybridized carbons (Fsp3) is 0.292. The first kappa shape index (κ1) is 23.1. The molecule has 1 aromatic heterocycles. The average molecular weight is 471 g/mol. The van der Waals surface area contributed by atoms with Crippen molar-refractivity contribution < 1.29 is 19.0 Å². The van der Waals surface area contributed by atoms with Crippen molar-refractivity contribution in [3.8, 4) is 17.1 Å². The van der Waals surface area contributed by atoms with Gasteiger partial charge in [0.25, 0.3) is 0 Å². The number of nitrogens with zero attached hydrogens (tertiary/aromatic N) is 3. The summed E-state index contributed by atoms with van der Waals surface area (Å²) >= 11 is 6.23. The Morgan fingerprint density at radius 1 is 1.33 bits per heavy atom. The lowest BCUT2D eigenvalue weighted by atomic mass is 10.0. The number of benzene rings is 2. The van der Waals surface area contributed by atoms with E-state index in [0.717, 1.165) is 11.3 Å². The number of anilines is 1. The molecule has 33 heavy (non-hydrogen) atoms. The fourth-order valence-electron chi connectivity index (χ4n) is 4.16. The molecule has 2 atom stereocenters. The van der Waals surface area contributed by atoms with Crippen LogP contribution in [0.15, 0.2) is 48.7 Å². The molecule has 0 spiro atoms. The van der Waals surface area contributed by atoms with Gasteiger partial charge in [-0.1, -0.05) is 23.7 Å². The molecule has 0 bridgehead atoms. The number of hydrogen-bond acceptors (Lipinski definition) is 7. The van der Waals surface area contributed by atoms with Crippen LogP contribution in [-0.4, -0.2) is 53.2 Å². The molecule has 0 saturated carbocycles. The van der Waals surface area contributed by atoms with Gasteiger partial charge in [-0.05, 0) is 42.3 Å². The van der Waals surface area contributed by atoms with E-state index >= 15 is 0 Å². The van der Waals surface area contributed by atoms with Gasteiger partial charge < -0.3 is 20.5 Å². The Hall–Kier alpha value is -3.07. The molecule has 1 saturated heterocycles. The molecule has 9 heteroatoms.